The Morgan fingerprint density at radius 3 is 1.00 bits per heavy atom. The molecule has 0 fully saturated rings. The molecule has 0 amide bonds. The number of rotatable bonds is 48. The Kier molecular flexibility index (Phi) is 52.0. The summed E-state index contributed by atoms with van der Waals surface area (Å²) in [5, 5.41) is 0. The molecular weight excluding hydrogens is 841 g/mol. The normalized spacial score (nSPS) is 13.0. The molecule has 0 spiro atoms. The third kappa shape index (κ3) is 52.8. The SMILES string of the molecule is CC/C=C\C/C=C\C/C=C\C/C=C\C/C=C\C/C=C\CCC(=O)OCC(COC(=O)CCCCCC/C=C\C/C=C\C/C=C\CC)OC(=O)CCCCCCCCC/C=C\CCCCCCCC. The quantitative estimate of drug-likeness (QED) is 0.0262. The maximum absolute atomic E-state index is 12.8. The Morgan fingerprint density at radius 1 is 0.309 bits per heavy atom. The lowest BCUT2D eigenvalue weighted by Gasteiger charge is -2.18. The predicted octanol–water partition coefficient (Wildman–Crippen LogP) is 18.5. The van der Waals surface area contributed by atoms with Crippen LogP contribution >= 0.6 is 0 Å². The number of carbonyl (C=O) groups is 3. The van der Waals surface area contributed by atoms with Crippen LogP contribution in [0.4, 0.5) is 0 Å². The second-order valence-corrected chi connectivity index (χ2v) is 17.7. The molecule has 0 aliphatic carbocycles. The van der Waals surface area contributed by atoms with Crippen LogP contribution in [0, 0.1) is 0 Å². The second kappa shape index (κ2) is 55.4. The first-order valence-corrected chi connectivity index (χ1v) is 27.5. The molecule has 0 radical (unpaired) electrons. The van der Waals surface area contributed by atoms with Gasteiger partial charge in [-0.3, -0.25) is 14.4 Å². The van der Waals surface area contributed by atoms with E-state index in [1.54, 1.807) is 0 Å². The molecule has 384 valence electrons. The molecule has 0 heterocycles. The zero-order chi connectivity index (χ0) is 49.3. The van der Waals surface area contributed by atoms with Crippen LogP contribution < -0.4 is 0 Å². The summed E-state index contributed by atoms with van der Waals surface area (Å²) in [6, 6.07) is 0. The van der Waals surface area contributed by atoms with Gasteiger partial charge in [-0.05, 0) is 116 Å². The number of hydrogen-bond acceptors (Lipinski definition) is 6. The number of hydrogen-bond donors (Lipinski definition) is 0. The summed E-state index contributed by atoms with van der Waals surface area (Å²) in [5.74, 6) is -1.03. The fourth-order valence-electron chi connectivity index (χ4n) is 7.12. The summed E-state index contributed by atoms with van der Waals surface area (Å²) in [5.41, 5.74) is 0. The van der Waals surface area contributed by atoms with Gasteiger partial charge in [0.05, 0.1) is 0 Å². The van der Waals surface area contributed by atoms with Crippen molar-refractivity contribution < 1.29 is 28.6 Å². The summed E-state index contributed by atoms with van der Waals surface area (Å²) in [4.78, 5) is 38.1. The summed E-state index contributed by atoms with van der Waals surface area (Å²) >= 11 is 0. The largest absolute Gasteiger partial charge is 0.462 e. The lowest BCUT2D eigenvalue weighted by atomic mass is 10.1. The lowest BCUT2D eigenvalue weighted by Crippen LogP contribution is -2.30. The number of allylic oxidation sites excluding steroid dienone is 20. The minimum atomic E-state index is -0.824. The molecule has 0 bridgehead atoms. The van der Waals surface area contributed by atoms with Crippen molar-refractivity contribution in [1.29, 1.82) is 0 Å². The maximum atomic E-state index is 12.8. The van der Waals surface area contributed by atoms with Crippen molar-refractivity contribution in [1.82, 2.24) is 0 Å². The molecule has 0 rings (SSSR count). The molecule has 68 heavy (non-hydrogen) atoms. The third-order valence-corrected chi connectivity index (χ3v) is 11.2. The fourth-order valence-corrected chi connectivity index (χ4v) is 7.12. The van der Waals surface area contributed by atoms with Gasteiger partial charge in [-0.15, -0.1) is 0 Å². The second-order valence-electron chi connectivity index (χ2n) is 17.7. The van der Waals surface area contributed by atoms with E-state index in [4.69, 9.17) is 14.2 Å². The monoisotopic (exact) mass is 941 g/mol. The highest BCUT2D eigenvalue weighted by molar-refractivity contribution is 5.71. The average molecular weight is 941 g/mol. The molecule has 0 aliphatic rings. The Hall–Kier alpha value is -4.19. The number of ether oxygens (including phenoxy) is 3. The molecule has 1 atom stereocenters. The van der Waals surface area contributed by atoms with Crippen LogP contribution in [0.2, 0.25) is 0 Å². The van der Waals surface area contributed by atoms with Gasteiger partial charge in [0, 0.05) is 19.3 Å². The Balaban J connectivity index is 4.55. The molecule has 0 saturated carbocycles. The third-order valence-electron chi connectivity index (χ3n) is 11.2. The predicted molar refractivity (Wildman–Crippen MR) is 293 cm³/mol. The van der Waals surface area contributed by atoms with Gasteiger partial charge >= 0.3 is 17.9 Å². The van der Waals surface area contributed by atoms with E-state index in [2.05, 4.69) is 130 Å². The zero-order valence-corrected chi connectivity index (χ0v) is 43.8. The van der Waals surface area contributed by atoms with Crippen molar-refractivity contribution in [3.05, 3.63) is 122 Å². The van der Waals surface area contributed by atoms with Crippen molar-refractivity contribution >= 4 is 17.9 Å². The van der Waals surface area contributed by atoms with Gasteiger partial charge in [0.2, 0.25) is 0 Å². The maximum Gasteiger partial charge on any atom is 0.306 e. The molecule has 0 saturated heterocycles. The lowest BCUT2D eigenvalue weighted by molar-refractivity contribution is -0.166. The highest BCUT2D eigenvalue weighted by Gasteiger charge is 2.19. The van der Waals surface area contributed by atoms with E-state index in [-0.39, 0.29) is 37.5 Å². The van der Waals surface area contributed by atoms with Crippen LogP contribution in [0.25, 0.3) is 0 Å². The molecule has 0 aromatic rings. The standard InChI is InChI=1S/C62H100O6/c1-4-7-10-13-16-19-22-25-28-30-31-33-34-37-40-43-46-49-52-55-61(64)67-58-59(57-66-60(63)54-51-48-45-42-39-36-27-24-21-18-15-12-9-6-3)68-62(65)56-53-50-47-44-41-38-35-32-29-26-23-20-17-14-11-8-5-2/h7,9-10,12,16,18-19,21,25-29,31,33,36-37,40,46,49,59H,4-6,8,11,13-15,17,20,22-24,30,32,34-35,38-39,41-45,47-48,50-58H2,1-3H3/b10-7-,12-9-,19-16-,21-18-,28-25-,29-26-,33-31-,36-27-,40-37-,49-46-. The van der Waals surface area contributed by atoms with Gasteiger partial charge < -0.3 is 14.2 Å². The highest BCUT2D eigenvalue weighted by Crippen LogP contribution is 2.13. The van der Waals surface area contributed by atoms with Crippen molar-refractivity contribution in [3.63, 3.8) is 0 Å². The Labute approximate surface area is 418 Å². The molecule has 0 aliphatic heterocycles. The van der Waals surface area contributed by atoms with Gasteiger partial charge in [-0.1, -0.05) is 219 Å². The molecule has 1 unspecified atom stereocenters. The van der Waals surface area contributed by atoms with Crippen LogP contribution in [0.1, 0.15) is 233 Å². The molecule has 0 aromatic carbocycles. The first-order chi connectivity index (χ1) is 33.5. The molecule has 0 aromatic heterocycles. The minimum Gasteiger partial charge on any atom is -0.462 e. The minimum absolute atomic E-state index is 0.118. The topological polar surface area (TPSA) is 78.9 Å². The van der Waals surface area contributed by atoms with Crippen LogP contribution in [-0.2, 0) is 28.6 Å². The average Bonchev–Trinajstić information content (AvgIpc) is 3.34. The van der Waals surface area contributed by atoms with E-state index in [0.29, 0.717) is 19.3 Å². The van der Waals surface area contributed by atoms with Crippen LogP contribution in [0.15, 0.2) is 122 Å². The number of unbranched alkanes of at least 4 members (excludes halogenated alkanes) is 17. The van der Waals surface area contributed by atoms with Crippen LogP contribution in [0.5, 0.6) is 0 Å². The van der Waals surface area contributed by atoms with Gasteiger partial charge in [-0.25, -0.2) is 0 Å². The van der Waals surface area contributed by atoms with Crippen LogP contribution in [0.3, 0.4) is 0 Å². The zero-order valence-electron chi connectivity index (χ0n) is 43.8. The van der Waals surface area contributed by atoms with Crippen molar-refractivity contribution in [2.24, 2.45) is 0 Å². The first kappa shape index (κ1) is 63.8. The fraction of sp³-hybridized carbons (Fsp3) is 0.629. The van der Waals surface area contributed by atoms with E-state index < -0.39 is 6.10 Å². The summed E-state index contributed by atoms with van der Waals surface area (Å²) in [6.07, 6.45) is 76.2. The summed E-state index contributed by atoms with van der Waals surface area (Å²) in [7, 11) is 0. The molecule has 6 heteroatoms. The molecular formula is C62H100O6. The van der Waals surface area contributed by atoms with Gasteiger partial charge in [0.1, 0.15) is 13.2 Å². The van der Waals surface area contributed by atoms with E-state index >= 15 is 0 Å². The number of esters is 3. The number of carbonyl (C=O) groups excluding carboxylic acids is 3. The Bertz CT molecular complexity index is 1450. The van der Waals surface area contributed by atoms with Gasteiger partial charge in [0.25, 0.3) is 0 Å². The van der Waals surface area contributed by atoms with E-state index in [0.717, 1.165) is 109 Å². The van der Waals surface area contributed by atoms with E-state index in [9.17, 15) is 14.4 Å². The molecule has 6 nitrogen and oxygen atoms in total. The molecule has 0 N–H and O–H groups in total. The highest BCUT2D eigenvalue weighted by atomic mass is 16.6. The van der Waals surface area contributed by atoms with Crippen molar-refractivity contribution in [2.45, 2.75) is 239 Å². The summed E-state index contributed by atoms with van der Waals surface area (Å²) < 4.78 is 16.7. The van der Waals surface area contributed by atoms with Crippen LogP contribution in [-0.4, -0.2) is 37.2 Å². The smallest absolute Gasteiger partial charge is 0.306 e. The summed E-state index contributed by atoms with van der Waals surface area (Å²) in [6.45, 7) is 6.31. The Morgan fingerprint density at radius 2 is 0.603 bits per heavy atom. The van der Waals surface area contributed by atoms with Crippen molar-refractivity contribution in [3.8, 4) is 0 Å². The van der Waals surface area contributed by atoms with Gasteiger partial charge in [-0.2, -0.15) is 0 Å². The first-order valence-electron chi connectivity index (χ1n) is 27.5. The van der Waals surface area contributed by atoms with Gasteiger partial charge in [0.15, 0.2) is 6.10 Å². The van der Waals surface area contributed by atoms with Crippen molar-refractivity contribution in [2.75, 3.05) is 13.2 Å². The van der Waals surface area contributed by atoms with E-state index in [1.165, 1.54) is 77.0 Å². The van der Waals surface area contributed by atoms with E-state index in [1.807, 2.05) is 12.2 Å².